The lowest BCUT2D eigenvalue weighted by molar-refractivity contribution is 0.542. The maximum absolute atomic E-state index is 4.20. The molecule has 0 amide bonds. The molecule has 3 aromatic rings. The Morgan fingerprint density at radius 1 is 1.00 bits per heavy atom. The van der Waals surface area contributed by atoms with Crippen LogP contribution in [0.15, 0.2) is 54.6 Å². The van der Waals surface area contributed by atoms with E-state index in [0.29, 0.717) is 0 Å². The monoisotopic (exact) mass is 238 g/mol. The fourth-order valence-electron chi connectivity index (χ4n) is 2.01. The minimum atomic E-state index is 0.0554. The van der Waals surface area contributed by atoms with E-state index in [1.807, 2.05) is 59.3 Å². The van der Waals surface area contributed by atoms with Gasteiger partial charge in [0.25, 0.3) is 0 Å². The second-order valence-corrected chi connectivity index (χ2v) is 4.21. The fraction of sp³-hybridized carbons (Fsp3) is 0.143. The van der Waals surface area contributed by atoms with Crippen LogP contribution < -0.4 is 5.32 Å². The predicted molar refractivity (Wildman–Crippen MR) is 72.3 cm³/mol. The Labute approximate surface area is 105 Å². The van der Waals surface area contributed by atoms with Crippen molar-refractivity contribution in [2.45, 2.75) is 13.1 Å². The van der Waals surface area contributed by atoms with Crippen molar-refractivity contribution in [3.05, 3.63) is 54.6 Å². The highest BCUT2D eigenvalue weighted by molar-refractivity contribution is 5.74. The first-order valence-corrected chi connectivity index (χ1v) is 5.96. The number of rotatable bonds is 3. The van der Waals surface area contributed by atoms with E-state index in [-0.39, 0.29) is 6.17 Å². The SMILES string of the molecule is C[C@H](Nc1ccccc1)n1nnc2ccccc21. The molecule has 18 heavy (non-hydrogen) atoms. The molecule has 0 unspecified atom stereocenters. The normalized spacial score (nSPS) is 12.5. The molecule has 0 saturated carbocycles. The minimum absolute atomic E-state index is 0.0554. The number of para-hydroxylation sites is 2. The Kier molecular flexibility index (Phi) is 2.68. The van der Waals surface area contributed by atoms with Crippen molar-refractivity contribution in [2.24, 2.45) is 0 Å². The van der Waals surface area contributed by atoms with Crippen molar-refractivity contribution in [3.8, 4) is 0 Å². The van der Waals surface area contributed by atoms with Gasteiger partial charge in [-0.1, -0.05) is 35.5 Å². The smallest absolute Gasteiger partial charge is 0.120 e. The van der Waals surface area contributed by atoms with Crippen LogP contribution in [0.3, 0.4) is 0 Å². The van der Waals surface area contributed by atoms with Crippen LogP contribution in [0, 0.1) is 0 Å². The molecule has 4 nitrogen and oxygen atoms in total. The van der Waals surface area contributed by atoms with Crippen LogP contribution in [0.1, 0.15) is 13.1 Å². The summed E-state index contributed by atoms with van der Waals surface area (Å²) in [7, 11) is 0. The van der Waals surface area contributed by atoms with Gasteiger partial charge in [-0.2, -0.15) is 0 Å². The first-order valence-electron chi connectivity index (χ1n) is 5.96. The Morgan fingerprint density at radius 2 is 1.72 bits per heavy atom. The maximum Gasteiger partial charge on any atom is 0.120 e. The average molecular weight is 238 g/mol. The van der Waals surface area contributed by atoms with E-state index in [1.54, 1.807) is 0 Å². The van der Waals surface area contributed by atoms with E-state index in [0.717, 1.165) is 16.7 Å². The second kappa shape index (κ2) is 4.49. The maximum atomic E-state index is 4.20. The zero-order valence-electron chi connectivity index (χ0n) is 10.1. The molecule has 0 aliphatic carbocycles. The standard InChI is InChI=1S/C14H14N4/c1-11(15-12-7-3-2-4-8-12)18-14-10-6-5-9-13(14)16-17-18/h2-11,15H,1H3/t11-/m1/s1. The largest absolute Gasteiger partial charge is 0.364 e. The molecule has 0 fully saturated rings. The van der Waals surface area contributed by atoms with E-state index in [9.17, 15) is 0 Å². The van der Waals surface area contributed by atoms with Crippen LogP contribution in [0.25, 0.3) is 11.0 Å². The van der Waals surface area contributed by atoms with Gasteiger partial charge in [0, 0.05) is 5.69 Å². The Balaban J connectivity index is 1.90. The number of hydrogen-bond acceptors (Lipinski definition) is 3. The van der Waals surface area contributed by atoms with Crippen LogP contribution in [0.5, 0.6) is 0 Å². The third-order valence-electron chi connectivity index (χ3n) is 2.89. The zero-order valence-corrected chi connectivity index (χ0v) is 10.1. The fourth-order valence-corrected chi connectivity index (χ4v) is 2.01. The summed E-state index contributed by atoms with van der Waals surface area (Å²) in [4.78, 5) is 0. The number of anilines is 1. The van der Waals surface area contributed by atoms with Crippen LogP contribution in [-0.4, -0.2) is 15.0 Å². The lowest BCUT2D eigenvalue weighted by Crippen LogP contribution is -2.16. The summed E-state index contributed by atoms with van der Waals surface area (Å²) in [5, 5.41) is 11.7. The number of nitrogens with zero attached hydrogens (tertiary/aromatic N) is 3. The van der Waals surface area contributed by atoms with Crippen molar-refractivity contribution < 1.29 is 0 Å². The Bertz CT molecular complexity index is 645. The molecule has 0 radical (unpaired) electrons. The summed E-state index contributed by atoms with van der Waals surface area (Å²) < 4.78 is 1.89. The van der Waals surface area contributed by atoms with Crippen molar-refractivity contribution in [1.29, 1.82) is 0 Å². The molecule has 1 heterocycles. The summed E-state index contributed by atoms with van der Waals surface area (Å²) in [6.07, 6.45) is 0.0554. The Hall–Kier alpha value is -2.36. The molecule has 1 aromatic heterocycles. The van der Waals surface area contributed by atoms with Gasteiger partial charge < -0.3 is 5.32 Å². The lowest BCUT2D eigenvalue weighted by Gasteiger charge is -2.15. The molecular formula is C14H14N4. The number of fused-ring (bicyclic) bond motifs is 1. The van der Waals surface area contributed by atoms with Gasteiger partial charge in [-0.3, -0.25) is 0 Å². The van der Waals surface area contributed by atoms with Crippen molar-refractivity contribution in [1.82, 2.24) is 15.0 Å². The minimum Gasteiger partial charge on any atom is -0.364 e. The third kappa shape index (κ3) is 1.93. The molecule has 2 aromatic carbocycles. The van der Waals surface area contributed by atoms with Gasteiger partial charge in [-0.15, -0.1) is 5.10 Å². The Morgan fingerprint density at radius 3 is 2.56 bits per heavy atom. The van der Waals surface area contributed by atoms with Crippen molar-refractivity contribution in [2.75, 3.05) is 5.32 Å². The van der Waals surface area contributed by atoms with Gasteiger partial charge in [0.2, 0.25) is 0 Å². The summed E-state index contributed by atoms with van der Waals surface area (Å²) >= 11 is 0. The highest BCUT2D eigenvalue weighted by Gasteiger charge is 2.09. The highest BCUT2D eigenvalue weighted by atomic mass is 15.5. The number of hydrogen-bond donors (Lipinski definition) is 1. The van der Waals surface area contributed by atoms with Gasteiger partial charge in [0.05, 0.1) is 5.52 Å². The quantitative estimate of drug-likeness (QED) is 0.762. The van der Waals surface area contributed by atoms with Crippen LogP contribution in [-0.2, 0) is 0 Å². The van der Waals surface area contributed by atoms with E-state index in [2.05, 4.69) is 22.6 Å². The predicted octanol–water partition coefficient (Wildman–Crippen LogP) is 3.06. The second-order valence-electron chi connectivity index (χ2n) is 4.21. The van der Waals surface area contributed by atoms with Gasteiger partial charge >= 0.3 is 0 Å². The van der Waals surface area contributed by atoms with E-state index < -0.39 is 0 Å². The first kappa shape index (κ1) is 10.8. The van der Waals surface area contributed by atoms with Crippen LogP contribution in [0.2, 0.25) is 0 Å². The van der Waals surface area contributed by atoms with E-state index in [4.69, 9.17) is 0 Å². The number of benzene rings is 2. The van der Waals surface area contributed by atoms with Gasteiger partial charge in [0.1, 0.15) is 11.7 Å². The highest BCUT2D eigenvalue weighted by Crippen LogP contribution is 2.17. The molecule has 0 bridgehead atoms. The lowest BCUT2D eigenvalue weighted by atomic mass is 10.3. The summed E-state index contributed by atoms with van der Waals surface area (Å²) in [6, 6.07) is 18.1. The van der Waals surface area contributed by atoms with Crippen molar-refractivity contribution in [3.63, 3.8) is 0 Å². The molecular weight excluding hydrogens is 224 g/mol. The van der Waals surface area contributed by atoms with Crippen molar-refractivity contribution >= 4 is 16.7 Å². The molecule has 0 aliphatic heterocycles. The number of nitrogens with one attached hydrogen (secondary N) is 1. The molecule has 1 N–H and O–H groups in total. The molecule has 0 saturated heterocycles. The summed E-state index contributed by atoms with van der Waals surface area (Å²) in [5.74, 6) is 0. The van der Waals surface area contributed by atoms with E-state index in [1.165, 1.54) is 0 Å². The molecule has 3 rings (SSSR count). The van der Waals surface area contributed by atoms with Gasteiger partial charge in [0.15, 0.2) is 0 Å². The van der Waals surface area contributed by atoms with Gasteiger partial charge in [-0.25, -0.2) is 4.68 Å². The zero-order chi connectivity index (χ0) is 12.4. The number of aromatic nitrogens is 3. The third-order valence-corrected chi connectivity index (χ3v) is 2.89. The van der Waals surface area contributed by atoms with Crippen LogP contribution >= 0.6 is 0 Å². The molecule has 90 valence electrons. The average Bonchev–Trinajstić information content (AvgIpc) is 2.84. The molecule has 0 spiro atoms. The molecule has 1 atom stereocenters. The summed E-state index contributed by atoms with van der Waals surface area (Å²) in [6.45, 7) is 2.06. The topological polar surface area (TPSA) is 42.7 Å². The summed E-state index contributed by atoms with van der Waals surface area (Å²) in [5.41, 5.74) is 3.03. The first-order chi connectivity index (χ1) is 8.84. The van der Waals surface area contributed by atoms with Crippen LogP contribution in [0.4, 0.5) is 5.69 Å². The molecule has 4 heteroatoms. The van der Waals surface area contributed by atoms with E-state index >= 15 is 0 Å². The molecule has 0 aliphatic rings. The van der Waals surface area contributed by atoms with Gasteiger partial charge in [-0.05, 0) is 31.2 Å².